The van der Waals surface area contributed by atoms with Crippen molar-refractivity contribution >= 4 is 28.5 Å². The fraction of sp³-hybridized carbons (Fsp3) is 0.222. The second-order valence-corrected chi connectivity index (χ2v) is 6.97. The summed E-state index contributed by atoms with van der Waals surface area (Å²) in [5, 5.41) is 4.15. The van der Waals surface area contributed by atoms with Gasteiger partial charge in [0.1, 0.15) is 11.3 Å². The number of nitrogens with one attached hydrogen (secondary N) is 2. The van der Waals surface area contributed by atoms with E-state index in [9.17, 15) is 8.78 Å². The van der Waals surface area contributed by atoms with Gasteiger partial charge in [0, 0.05) is 35.5 Å². The third-order valence-corrected chi connectivity index (χ3v) is 5.01. The molecular weight excluding hydrogens is 346 g/mol. The number of H-pyrrole nitrogens is 1. The number of allylic oxidation sites excluding steroid dienone is 1. The molecule has 0 aromatic carbocycles. The van der Waals surface area contributed by atoms with Gasteiger partial charge in [0.15, 0.2) is 17.5 Å². The molecule has 3 aromatic heterocycles. The Morgan fingerprint density at radius 1 is 1.24 bits per heavy atom. The van der Waals surface area contributed by atoms with E-state index in [0.29, 0.717) is 27.5 Å². The van der Waals surface area contributed by atoms with E-state index in [0.717, 1.165) is 18.9 Å². The minimum atomic E-state index is -0.725. The maximum Gasteiger partial charge on any atom is 0.168 e. The maximum atomic E-state index is 14.4. The van der Waals surface area contributed by atoms with Crippen molar-refractivity contribution in [2.75, 3.05) is 5.32 Å². The van der Waals surface area contributed by atoms with Crippen molar-refractivity contribution in [3.05, 3.63) is 52.8 Å². The number of anilines is 1. The number of pyridine rings is 2. The van der Waals surface area contributed by atoms with E-state index in [1.54, 1.807) is 12.3 Å². The molecule has 0 amide bonds. The first-order valence-corrected chi connectivity index (χ1v) is 8.42. The van der Waals surface area contributed by atoms with Gasteiger partial charge in [0.05, 0.1) is 5.02 Å². The van der Waals surface area contributed by atoms with Crippen molar-refractivity contribution in [1.82, 2.24) is 15.0 Å². The van der Waals surface area contributed by atoms with Crippen LogP contribution in [0, 0.1) is 17.6 Å². The molecule has 3 heterocycles. The SMILES string of the molecule is Fc1cc(F)c(-c2c[nH]c3ncc(Cl)cc23)nc1NC1C=C2CC2C1. The van der Waals surface area contributed by atoms with Crippen molar-refractivity contribution in [2.45, 2.75) is 18.9 Å². The fourth-order valence-electron chi connectivity index (χ4n) is 3.50. The van der Waals surface area contributed by atoms with Crippen LogP contribution in [-0.4, -0.2) is 21.0 Å². The summed E-state index contributed by atoms with van der Waals surface area (Å²) in [6.07, 6.45) is 7.31. The zero-order chi connectivity index (χ0) is 17.1. The lowest BCUT2D eigenvalue weighted by molar-refractivity contribution is 0.576. The molecule has 25 heavy (non-hydrogen) atoms. The number of rotatable bonds is 3. The van der Waals surface area contributed by atoms with Gasteiger partial charge in [-0.25, -0.2) is 18.7 Å². The van der Waals surface area contributed by atoms with Gasteiger partial charge in [-0.05, 0) is 24.8 Å². The Balaban J connectivity index is 1.58. The molecule has 1 fully saturated rings. The summed E-state index contributed by atoms with van der Waals surface area (Å²) in [6.45, 7) is 0. The largest absolute Gasteiger partial charge is 0.361 e. The molecule has 2 aliphatic carbocycles. The lowest BCUT2D eigenvalue weighted by Gasteiger charge is -2.14. The van der Waals surface area contributed by atoms with Gasteiger partial charge in [-0.2, -0.15) is 0 Å². The molecule has 2 N–H and O–H groups in total. The van der Waals surface area contributed by atoms with Crippen LogP contribution in [0.25, 0.3) is 22.3 Å². The predicted molar refractivity (Wildman–Crippen MR) is 92.5 cm³/mol. The van der Waals surface area contributed by atoms with Crippen molar-refractivity contribution in [1.29, 1.82) is 0 Å². The van der Waals surface area contributed by atoms with Gasteiger partial charge < -0.3 is 10.3 Å². The van der Waals surface area contributed by atoms with Crippen LogP contribution in [0.15, 0.2) is 36.2 Å². The molecule has 1 saturated carbocycles. The summed E-state index contributed by atoms with van der Waals surface area (Å²) < 4.78 is 28.6. The van der Waals surface area contributed by atoms with Crippen molar-refractivity contribution in [2.24, 2.45) is 5.92 Å². The van der Waals surface area contributed by atoms with E-state index < -0.39 is 11.6 Å². The van der Waals surface area contributed by atoms with Crippen LogP contribution >= 0.6 is 11.6 Å². The molecule has 126 valence electrons. The molecule has 2 atom stereocenters. The Kier molecular flexibility index (Phi) is 3.12. The Bertz CT molecular complexity index is 1040. The first-order chi connectivity index (χ1) is 12.1. The molecule has 7 heteroatoms. The summed E-state index contributed by atoms with van der Waals surface area (Å²) in [7, 11) is 0. The predicted octanol–water partition coefficient (Wildman–Crippen LogP) is 4.69. The van der Waals surface area contributed by atoms with Crippen LogP contribution in [0.4, 0.5) is 14.6 Å². The Morgan fingerprint density at radius 3 is 2.92 bits per heavy atom. The second kappa shape index (κ2) is 5.26. The van der Waals surface area contributed by atoms with Crippen LogP contribution in [-0.2, 0) is 0 Å². The van der Waals surface area contributed by atoms with Gasteiger partial charge in [-0.3, -0.25) is 0 Å². The number of aromatic nitrogens is 3. The quantitative estimate of drug-likeness (QED) is 0.668. The average Bonchev–Trinajstić information content (AvgIpc) is 3.00. The molecular formula is C18H13ClF2N4. The van der Waals surface area contributed by atoms with Gasteiger partial charge in [-0.15, -0.1) is 0 Å². The first kappa shape index (κ1) is 14.8. The molecule has 0 aliphatic heterocycles. The van der Waals surface area contributed by atoms with Crippen LogP contribution in [0.3, 0.4) is 0 Å². The number of fused-ring (bicyclic) bond motifs is 2. The average molecular weight is 359 g/mol. The van der Waals surface area contributed by atoms with E-state index in [4.69, 9.17) is 11.6 Å². The minimum Gasteiger partial charge on any atom is -0.361 e. The molecule has 2 aliphatic rings. The number of aromatic amines is 1. The minimum absolute atomic E-state index is 0.0492. The summed E-state index contributed by atoms with van der Waals surface area (Å²) >= 11 is 5.99. The van der Waals surface area contributed by atoms with E-state index in [2.05, 4.69) is 26.3 Å². The van der Waals surface area contributed by atoms with Gasteiger partial charge in [0.2, 0.25) is 0 Å². The van der Waals surface area contributed by atoms with Crippen LogP contribution < -0.4 is 5.32 Å². The molecule has 0 saturated heterocycles. The summed E-state index contributed by atoms with van der Waals surface area (Å²) in [6, 6.07) is 2.60. The van der Waals surface area contributed by atoms with E-state index in [1.807, 2.05) is 0 Å². The molecule has 3 aromatic rings. The Labute approximate surface area is 146 Å². The zero-order valence-electron chi connectivity index (χ0n) is 13.0. The third kappa shape index (κ3) is 2.48. The highest BCUT2D eigenvalue weighted by Gasteiger charge is 2.38. The highest BCUT2D eigenvalue weighted by atomic mass is 35.5. The lowest BCUT2D eigenvalue weighted by Crippen LogP contribution is -2.17. The Hall–Kier alpha value is -2.47. The standard InChI is InChI=1S/C18H13ClF2N4/c19-10-4-12-13(7-23-17(12)22-6-10)16-14(20)5-15(21)18(25-16)24-11-2-8-1-9(8)3-11/h2,4-7,9,11H,1,3H2,(H,22,23)(H,24,25). The summed E-state index contributed by atoms with van der Waals surface area (Å²) in [5.41, 5.74) is 2.55. The maximum absolute atomic E-state index is 14.4. The fourth-order valence-corrected chi connectivity index (χ4v) is 3.66. The van der Waals surface area contributed by atoms with E-state index in [-0.39, 0.29) is 17.6 Å². The van der Waals surface area contributed by atoms with Crippen LogP contribution in [0.2, 0.25) is 5.02 Å². The number of hydrogen-bond donors (Lipinski definition) is 2. The zero-order valence-corrected chi connectivity index (χ0v) is 13.7. The second-order valence-electron chi connectivity index (χ2n) is 6.53. The molecule has 4 nitrogen and oxygen atoms in total. The third-order valence-electron chi connectivity index (χ3n) is 4.80. The molecule has 0 spiro atoms. The highest BCUT2D eigenvalue weighted by Crippen LogP contribution is 2.47. The van der Waals surface area contributed by atoms with Gasteiger partial charge in [0.25, 0.3) is 0 Å². The van der Waals surface area contributed by atoms with Crippen molar-refractivity contribution < 1.29 is 8.78 Å². The number of halogens is 3. The van der Waals surface area contributed by atoms with E-state index >= 15 is 0 Å². The molecule has 0 radical (unpaired) electrons. The first-order valence-electron chi connectivity index (χ1n) is 8.04. The normalized spacial score (nSPS) is 21.3. The monoisotopic (exact) mass is 358 g/mol. The Morgan fingerprint density at radius 2 is 2.12 bits per heavy atom. The van der Waals surface area contributed by atoms with Crippen molar-refractivity contribution in [3.63, 3.8) is 0 Å². The number of nitrogens with zero attached hydrogens (tertiary/aromatic N) is 2. The van der Waals surface area contributed by atoms with Crippen LogP contribution in [0.5, 0.6) is 0 Å². The van der Waals surface area contributed by atoms with Crippen LogP contribution in [0.1, 0.15) is 12.8 Å². The number of hydrogen-bond acceptors (Lipinski definition) is 3. The summed E-state index contributed by atoms with van der Waals surface area (Å²) in [5.74, 6) is -0.737. The molecule has 5 rings (SSSR count). The highest BCUT2D eigenvalue weighted by molar-refractivity contribution is 6.31. The van der Waals surface area contributed by atoms with Crippen molar-refractivity contribution in [3.8, 4) is 11.3 Å². The van der Waals surface area contributed by atoms with E-state index in [1.165, 1.54) is 11.8 Å². The molecule has 0 bridgehead atoms. The smallest absolute Gasteiger partial charge is 0.168 e. The lowest BCUT2D eigenvalue weighted by atomic mass is 10.1. The summed E-state index contributed by atoms with van der Waals surface area (Å²) in [4.78, 5) is 11.3. The topological polar surface area (TPSA) is 53.6 Å². The molecule has 2 unspecified atom stereocenters. The van der Waals surface area contributed by atoms with Gasteiger partial charge >= 0.3 is 0 Å². The van der Waals surface area contributed by atoms with Gasteiger partial charge in [-0.1, -0.05) is 23.3 Å².